The maximum absolute atomic E-state index is 4.02. The molecule has 0 fully saturated rings. The minimum absolute atomic E-state index is 0.0433. The zero-order valence-corrected chi connectivity index (χ0v) is 9.54. The van der Waals surface area contributed by atoms with Crippen LogP contribution in [0, 0.1) is 6.92 Å². The van der Waals surface area contributed by atoms with Crippen molar-refractivity contribution >= 4 is 0 Å². The summed E-state index contributed by atoms with van der Waals surface area (Å²) < 4.78 is 0. The Balaban J connectivity index is 3.05. The molecule has 0 amide bonds. The van der Waals surface area contributed by atoms with E-state index in [9.17, 15) is 0 Å². The van der Waals surface area contributed by atoms with Crippen molar-refractivity contribution in [2.45, 2.75) is 31.3 Å². The van der Waals surface area contributed by atoms with Crippen molar-refractivity contribution < 1.29 is 0 Å². The first-order valence-corrected chi connectivity index (χ1v) is 5.31. The summed E-state index contributed by atoms with van der Waals surface area (Å²) >= 11 is 0. The summed E-state index contributed by atoms with van der Waals surface area (Å²) in [6, 6.07) is 0. The van der Waals surface area contributed by atoms with Crippen LogP contribution in [-0.4, -0.2) is 26.8 Å². The molecule has 0 aromatic carbocycles. The average Bonchev–Trinajstić information content (AvgIpc) is 2.27. The van der Waals surface area contributed by atoms with Gasteiger partial charge in [-0.05, 0) is 52.3 Å². The van der Waals surface area contributed by atoms with Gasteiger partial charge in [0.2, 0.25) is 0 Å². The first-order chi connectivity index (χ1) is 6.74. The normalized spacial score (nSPS) is 21.1. The zero-order chi connectivity index (χ0) is 10.6. The predicted molar refractivity (Wildman–Crippen MR) is 60.8 cm³/mol. The van der Waals surface area contributed by atoms with Gasteiger partial charge in [-0.15, -0.1) is 0 Å². The van der Waals surface area contributed by atoms with E-state index in [1.165, 1.54) is 17.7 Å². The summed E-state index contributed by atoms with van der Waals surface area (Å²) in [4.78, 5) is 0. The molecule has 0 saturated carbocycles. The van der Waals surface area contributed by atoms with Crippen LogP contribution in [0.1, 0.15) is 25.7 Å². The van der Waals surface area contributed by atoms with Crippen molar-refractivity contribution in [3.8, 4) is 0 Å². The fourth-order valence-corrected chi connectivity index (χ4v) is 2.41. The Morgan fingerprint density at radius 3 is 2.36 bits per heavy atom. The second-order valence-corrected chi connectivity index (χ2v) is 3.72. The molecular formula is C11H22N3. The standard InChI is InChI=1S/C11H22N3/c1-5-9-10(12-2)7-6-8-11(9,13-3)14-4/h12-14H,1,5-8H2,2-4H3. The van der Waals surface area contributed by atoms with Crippen LogP contribution in [0.15, 0.2) is 11.3 Å². The smallest absolute Gasteiger partial charge is 0.0923 e. The van der Waals surface area contributed by atoms with E-state index < -0.39 is 0 Å². The largest absolute Gasteiger partial charge is 0.391 e. The summed E-state index contributed by atoms with van der Waals surface area (Å²) in [7, 11) is 6.00. The van der Waals surface area contributed by atoms with Crippen LogP contribution in [0.25, 0.3) is 0 Å². The number of hydrogen-bond acceptors (Lipinski definition) is 3. The van der Waals surface area contributed by atoms with Gasteiger partial charge in [0.15, 0.2) is 0 Å². The van der Waals surface area contributed by atoms with Crippen LogP contribution in [0.5, 0.6) is 0 Å². The molecule has 0 aromatic heterocycles. The van der Waals surface area contributed by atoms with Gasteiger partial charge in [-0.2, -0.15) is 0 Å². The SMILES string of the molecule is [CH2]CC1=C(NC)CCCC1(NC)NC. The van der Waals surface area contributed by atoms with E-state index in [4.69, 9.17) is 0 Å². The highest BCUT2D eigenvalue weighted by Gasteiger charge is 2.34. The van der Waals surface area contributed by atoms with Gasteiger partial charge in [-0.25, -0.2) is 0 Å². The summed E-state index contributed by atoms with van der Waals surface area (Å²) in [5.74, 6) is 0. The molecule has 0 atom stereocenters. The molecular weight excluding hydrogens is 174 g/mol. The average molecular weight is 196 g/mol. The highest BCUT2D eigenvalue weighted by Crippen LogP contribution is 2.31. The van der Waals surface area contributed by atoms with Crippen LogP contribution >= 0.6 is 0 Å². The van der Waals surface area contributed by atoms with Crippen molar-refractivity contribution in [3.05, 3.63) is 18.2 Å². The third-order valence-electron chi connectivity index (χ3n) is 3.26. The number of hydrogen-bond donors (Lipinski definition) is 3. The van der Waals surface area contributed by atoms with E-state index in [0.717, 1.165) is 19.3 Å². The van der Waals surface area contributed by atoms with E-state index in [1.807, 2.05) is 21.1 Å². The zero-order valence-electron chi connectivity index (χ0n) is 9.54. The second-order valence-electron chi connectivity index (χ2n) is 3.72. The number of rotatable bonds is 4. The lowest BCUT2D eigenvalue weighted by molar-refractivity contribution is 0.294. The molecule has 1 aliphatic rings. The van der Waals surface area contributed by atoms with Gasteiger partial charge < -0.3 is 5.32 Å². The molecule has 1 rings (SSSR count). The first kappa shape index (κ1) is 11.5. The topological polar surface area (TPSA) is 36.1 Å². The van der Waals surface area contributed by atoms with Crippen molar-refractivity contribution in [1.82, 2.24) is 16.0 Å². The Morgan fingerprint density at radius 1 is 1.29 bits per heavy atom. The van der Waals surface area contributed by atoms with Gasteiger partial charge in [0.25, 0.3) is 0 Å². The highest BCUT2D eigenvalue weighted by molar-refractivity contribution is 5.28. The molecule has 1 radical (unpaired) electrons. The molecule has 0 aliphatic heterocycles. The lowest BCUT2D eigenvalue weighted by atomic mass is 9.83. The predicted octanol–water partition coefficient (Wildman–Crippen LogP) is 1.00. The van der Waals surface area contributed by atoms with Crippen LogP contribution < -0.4 is 16.0 Å². The molecule has 0 saturated heterocycles. The number of allylic oxidation sites excluding steroid dienone is 1. The van der Waals surface area contributed by atoms with Crippen molar-refractivity contribution in [2.24, 2.45) is 0 Å². The lowest BCUT2D eigenvalue weighted by Crippen LogP contribution is -2.57. The monoisotopic (exact) mass is 196 g/mol. The molecule has 14 heavy (non-hydrogen) atoms. The van der Waals surface area contributed by atoms with Crippen LogP contribution in [0.4, 0.5) is 0 Å². The van der Waals surface area contributed by atoms with E-state index in [0.29, 0.717) is 0 Å². The minimum atomic E-state index is -0.0433. The van der Waals surface area contributed by atoms with Crippen LogP contribution in [-0.2, 0) is 0 Å². The fraction of sp³-hybridized carbons (Fsp3) is 0.727. The molecule has 3 nitrogen and oxygen atoms in total. The minimum Gasteiger partial charge on any atom is -0.391 e. The van der Waals surface area contributed by atoms with E-state index in [1.54, 1.807) is 0 Å². The van der Waals surface area contributed by atoms with Gasteiger partial charge in [0.1, 0.15) is 0 Å². The Morgan fingerprint density at radius 2 is 1.93 bits per heavy atom. The molecule has 0 unspecified atom stereocenters. The third-order valence-corrected chi connectivity index (χ3v) is 3.26. The van der Waals surface area contributed by atoms with Crippen molar-refractivity contribution in [1.29, 1.82) is 0 Å². The summed E-state index contributed by atoms with van der Waals surface area (Å²) in [6.45, 7) is 4.02. The fourth-order valence-electron chi connectivity index (χ4n) is 2.41. The van der Waals surface area contributed by atoms with Gasteiger partial charge in [-0.3, -0.25) is 10.6 Å². The Kier molecular flexibility index (Phi) is 3.96. The summed E-state index contributed by atoms with van der Waals surface area (Å²) in [5.41, 5.74) is 2.67. The molecule has 1 aliphatic carbocycles. The molecule has 3 heteroatoms. The molecule has 81 valence electrons. The van der Waals surface area contributed by atoms with Crippen molar-refractivity contribution in [2.75, 3.05) is 21.1 Å². The molecule has 0 spiro atoms. The van der Waals surface area contributed by atoms with E-state index in [-0.39, 0.29) is 5.66 Å². The molecule has 0 aromatic rings. The molecule has 3 N–H and O–H groups in total. The van der Waals surface area contributed by atoms with E-state index in [2.05, 4.69) is 22.9 Å². The van der Waals surface area contributed by atoms with Crippen LogP contribution in [0.2, 0.25) is 0 Å². The Bertz CT molecular complexity index is 217. The number of nitrogens with one attached hydrogen (secondary N) is 3. The second kappa shape index (κ2) is 4.80. The number of likely N-dealkylation sites (N-methyl/N-ethyl adjacent to an activating group) is 2. The van der Waals surface area contributed by atoms with Gasteiger partial charge in [0.05, 0.1) is 5.66 Å². The first-order valence-electron chi connectivity index (χ1n) is 5.31. The Labute approximate surface area is 87.3 Å². The maximum Gasteiger partial charge on any atom is 0.0923 e. The maximum atomic E-state index is 4.02. The molecule has 0 heterocycles. The third kappa shape index (κ3) is 1.79. The van der Waals surface area contributed by atoms with Gasteiger partial charge >= 0.3 is 0 Å². The van der Waals surface area contributed by atoms with Gasteiger partial charge in [-0.1, -0.05) is 0 Å². The highest BCUT2D eigenvalue weighted by atomic mass is 15.2. The lowest BCUT2D eigenvalue weighted by Gasteiger charge is -2.40. The summed E-state index contributed by atoms with van der Waals surface area (Å²) in [6.07, 6.45) is 4.34. The van der Waals surface area contributed by atoms with Gasteiger partial charge in [0, 0.05) is 12.7 Å². The van der Waals surface area contributed by atoms with Crippen molar-refractivity contribution in [3.63, 3.8) is 0 Å². The quantitative estimate of drug-likeness (QED) is 0.587. The summed E-state index contributed by atoms with van der Waals surface area (Å²) in [5, 5.41) is 10.1. The van der Waals surface area contributed by atoms with E-state index >= 15 is 0 Å². The van der Waals surface area contributed by atoms with Crippen LogP contribution in [0.3, 0.4) is 0 Å². The molecule has 0 bridgehead atoms. The Hall–Kier alpha value is -0.540.